The molecule has 0 aromatic heterocycles. The number of ether oxygens (including phenoxy) is 1. The van der Waals surface area contributed by atoms with Gasteiger partial charge in [0.25, 0.3) is 10.0 Å². The monoisotopic (exact) mass is 395 g/mol. The number of hydrogen-bond donors (Lipinski definition) is 1. The van der Waals surface area contributed by atoms with Crippen LogP contribution in [0.1, 0.15) is 5.56 Å². The number of anilines is 1. The molecule has 0 amide bonds. The Labute approximate surface area is 143 Å². The maximum atomic E-state index is 12.6. The third-order valence-electron chi connectivity index (χ3n) is 2.89. The van der Waals surface area contributed by atoms with Gasteiger partial charge >= 0.3 is 5.97 Å². The van der Waals surface area contributed by atoms with Gasteiger partial charge in [0.05, 0.1) is 12.0 Å². The first-order chi connectivity index (χ1) is 10.9. The lowest BCUT2D eigenvalue weighted by Gasteiger charge is -2.11. The maximum absolute atomic E-state index is 12.6. The second-order valence-corrected chi connectivity index (χ2v) is 7.08. The van der Waals surface area contributed by atoms with Crippen molar-refractivity contribution in [3.63, 3.8) is 0 Å². The number of benzene rings is 2. The summed E-state index contributed by atoms with van der Waals surface area (Å²) >= 11 is 3.26. The summed E-state index contributed by atoms with van der Waals surface area (Å²) < 4.78 is 32.8. The van der Waals surface area contributed by atoms with Crippen LogP contribution in [0, 0.1) is 0 Å². The number of methoxy groups -OCH3 is 1. The Hall–Kier alpha value is -2.12. The molecular formula is C16H14BrNO4S. The van der Waals surface area contributed by atoms with Crippen LogP contribution in [0.4, 0.5) is 5.69 Å². The van der Waals surface area contributed by atoms with Crippen LogP contribution in [-0.2, 0) is 19.6 Å². The molecule has 23 heavy (non-hydrogen) atoms. The van der Waals surface area contributed by atoms with Crippen molar-refractivity contribution in [2.45, 2.75) is 4.90 Å². The van der Waals surface area contributed by atoms with Crippen molar-refractivity contribution in [2.24, 2.45) is 0 Å². The molecule has 0 spiro atoms. The largest absolute Gasteiger partial charge is 0.466 e. The summed E-state index contributed by atoms with van der Waals surface area (Å²) in [6.07, 6.45) is 2.57. The SMILES string of the molecule is COC(=O)C=Cc1ccc(Br)cc1S(=O)(=O)Nc1ccccc1. The fourth-order valence-corrected chi connectivity index (χ4v) is 3.62. The third kappa shape index (κ3) is 4.67. The molecule has 7 heteroatoms. The molecular weight excluding hydrogens is 382 g/mol. The first-order valence-electron chi connectivity index (χ1n) is 6.56. The highest BCUT2D eigenvalue weighted by Gasteiger charge is 2.18. The minimum Gasteiger partial charge on any atom is -0.466 e. The summed E-state index contributed by atoms with van der Waals surface area (Å²) in [5, 5.41) is 0. The van der Waals surface area contributed by atoms with E-state index in [9.17, 15) is 13.2 Å². The highest BCUT2D eigenvalue weighted by atomic mass is 79.9. The number of esters is 1. The van der Waals surface area contributed by atoms with Gasteiger partial charge < -0.3 is 4.74 Å². The van der Waals surface area contributed by atoms with Crippen molar-refractivity contribution >= 4 is 43.7 Å². The first kappa shape index (κ1) is 17.2. The summed E-state index contributed by atoms with van der Waals surface area (Å²) in [6.45, 7) is 0. The molecule has 1 N–H and O–H groups in total. The zero-order valence-electron chi connectivity index (χ0n) is 12.2. The van der Waals surface area contributed by atoms with Crippen molar-refractivity contribution in [1.82, 2.24) is 0 Å². The van der Waals surface area contributed by atoms with E-state index in [1.807, 2.05) is 0 Å². The summed E-state index contributed by atoms with van der Waals surface area (Å²) in [6, 6.07) is 13.3. The van der Waals surface area contributed by atoms with E-state index in [2.05, 4.69) is 25.4 Å². The van der Waals surface area contributed by atoms with Crippen molar-refractivity contribution in [3.05, 3.63) is 64.6 Å². The lowest BCUT2D eigenvalue weighted by Crippen LogP contribution is -2.14. The Morgan fingerprint density at radius 1 is 1.17 bits per heavy atom. The predicted octanol–water partition coefficient (Wildman–Crippen LogP) is 3.44. The molecule has 0 heterocycles. The minimum absolute atomic E-state index is 0.0517. The lowest BCUT2D eigenvalue weighted by molar-refractivity contribution is -0.134. The summed E-state index contributed by atoms with van der Waals surface area (Å²) in [5.41, 5.74) is 0.831. The molecule has 0 atom stereocenters. The van der Waals surface area contributed by atoms with Crippen molar-refractivity contribution in [2.75, 3.05) is 11.8 Å². The van der Waals surface area contributed by atoms with Gasteiger partial charge in [0.2, 0.25) is 0 Å². The Morgan fingerprint density at radius 2 is 1.87 bits per heavy atom. The average molecular weight is 396 g/mol. The van der Waals surface area contributed by atoms with Gasteiger partial charge in [-0.3, -0.25) is 4.72 Å². The number of nitrogens with one attached hydrogen (secondary N) is 1. The summed E-state index contributed by atoms with van der Waals surface area (Å²) in [4.78, 5) is 11.3. The summed E-state index contributed by atoms with van der Waals surface area (Å²) in [7, 11) is -2.55. The van der Waals surface area contributed by atoms with E-state index in [0.29, 0.717) is 15.7 Å². The highest BCUT2D eigenvalue weighted by Crippen LogP contribution is 2.24. The number of carbonyl (C=O) groups excluding carboxylic acids is 1. The second-order valence-electron chi connectivity index (χ2n) is 4.51. The normalized spacial score (nSPS) is 11.4. The second kappa shape index (κ2) is 7.43. The predicted molar refractivity (Wildman–Crippen MR) is 92.4 cm³/mol. The molecule has 2 rings (SSSR count). The number of hydrogen-bond acceptors (Lipinski definition) is 4. The van der Waals surface area contributed by atoms with Gasteiger partial charge in [-0.2, -0.15) is 0 Å². The van der Waals surface area contributed by atoms with E-state index in [1.165, 1.54) is 25.3 Å². The number of para-hydroxylation sites is 1. The van der Waals surface area contributed by atoms with E-state index in [0.717, 1.165) is 0 Å². The van der Waals surface area contributed by atoms with Crippen LogP contribution in [0.25, 0.3) is 6.08 Å². The Kier molecular flexibility index (Phi) is 5.57. The fraction of sp³-hybridized carbons (Fsp3) is 0.0625. The zero-order valence-corrected chi connectivity index (χ0v) is 14.6. The third-order valence-corrected chi connectivity index (χ3v) is 4.82. The molecule has 5 nitrogen and oxygen atoms in total. The Morgan fingerprint density at radius 3 is 2.52 bits per heavy atom. The Bertz CT molecular complexity index is 832. The van der Waals surface area contributed by atoms with Crippen LogP contribution < -0.4 is 4.72 Å². The number of halogens is 1. The number of sulfonamides is 1. The first-order valence-corrected chi connectivity index (χ1v) is 8.83. The van der Waals surface area contributed by atoms with Gasteiger partial charge in [0, 0.05) is 16.2 Å². The standard InChI is InChI=1S/C16H14BrNO4S/c1-22-16(19)10-8-12-7-9-13(17)11-15(12)23(20,21)18-14-5-3-2-4-6-14/h2-11,18H,1H3. The van der Waals surface area contributed by atoms with Gasteiger partial charge in [-0.15, -0.1) is 0 Å². The van der Waals surface area contributed by atoms with E-state index in [-0.39, 0.29) is 4.90 Å². The number of carbonyl (C=O) groups is 1. The van der Waals surface area contributed by atoms with Crippen molar-refractivity contribution in [3.8, 4) is 0 Å². The van der Waals surface area contributed by atoms with Crippen LogP contribution in [0.2, 0.25) is 0 Å². The molecule has 120 valence electrons. The molecule has 0 radical (unpaired) electrons. The van der Waals surface area contributed by atoms with E-state index in [1.54, 1.807) is 42.5 Å². The van der Waals surface area contributed by atoms with Gasteiger partial charge in [-0.1, -0.05) is 40.2 Å². The molecule has 2 aromatic rings. The van der Waals surface area contributed by atoms with E-state index >= 15 is 0 Å². The fourth-order valence-electron chi connectivity index (χ4n) is 1.82. The molecule has 0 aliphatic rings. The van der Waals surface area contributed by atoms with Crippen LogP contribution >= 0.6 is 15.9 Å². The van der Waals surface area contributed by atoms with Crippen LogP contribution in [0.15, 0.2) is 64.0 Å². The van der Waals surface area contributed by atoms with Crippen LogP contribution in [0.3, 0.4) is 0 Å². The quantitative estimate of drug-likeness (QED) is 0.621. The molecule has 0 aliphatic carbocycles. The molecule has 0 aliphatic heterocycles. The molecule has 0 saturated carbocycles. The topological polar surface area (TPSA) is 72.5 Å². The average Bonchev–Trinajstić information content (AvgIpc) is 2.53. The zero-order chi connectivity index (χ0) is 16.9. The van der Waals surface area contributed by atoms with Crippen LogP contribution in [0.5, 0.6) is 0 Å². The molecule has 0 unspecified atom stereocenters. The maximum Gasteiger partial charge on any atom is 0.330 e. The summed E-state index contributed by atoms with van der Waals surface area (Å²) in [5.74, 6) is -0.563. The van der Waals surface area contributed by atoms with Crippen LogP contribution in [-0.4, -0.2) is 21.5 Å². The molecule has 2 aromatic carbocycles. The Balaban J connectivity index is 2.42. The highest BCUT2D eigenvalue weighted by molar-refractivity contribution is 9.10. The minimum atomic E-state index is -3.80. The number of rotatable bonds is 5. The van der Waals surface area contributed by atoms with Gasteiger partial charge in [-0.25, -0.2) is 13.2 Å². The van der Waals surface area contributed by atoms with E-state index < -0.39 is 16.0 Å². The van der Waals surface area contributed by atoms with E-state index in [4.69, 9.17) is 0 Å². The van der Waals surface area contributed by atoms with Gasteiger partial charge in [-0.05, 0) is 35.9 Å². The molecule has 0 saturated heterocycles. The van der Waals surface area contributed by atoms with Crippen molar-refractivity contribution < 1.29 is 17.9 Å². The van der Waals surface area contributed by atoms with Gasteiger partial charge in [0.15, 0.2) is 0 Å². The smallest absolute Gasteiger partial charge is 0.330 e. The molecule has 0 fully saturated rings. The van der Waals surface area contributed by atoms with Gasteiger partial charge in [0.1, 0.15) is 0 Å². The lowest BCUT2D eigenvalue weighted by atomic mass is 10.2. The molecule has 0 bridgehead atoms. The van der Waals surface area contributed by atoms with Crippen molar-refractivity contribution in [1.29, 1.82) is 0 Å².